The van der Waals surface area contributed by atoms with E-state index in [0.717, 1.165) is 5.56 Å². The molecule has 0 saturated heterocycles. The summed E-state index contributed by atoms with van der Waals surface area (Å²) in [5.41, 5.74) is 0.924. The van der Waals surface area contributed by atoms with Gasteiger partial charge in [0.25, 0.3) is 5.91 Å². The number of imide groups is 1. The van der Waals surface area contributed by atoms with E-state index in [9.17, 15) is 9.59 Å². The van der Waals surface area contributed by atoms with E-state index >= 15 is 0 Å². The molecule has 6 heteroatoms. The van der Waals surface area contributed by atoms with Crippen LogP contribution in [-0.4, -0.2) is 18.5 Å². The molecule has 6 nitrogen and oxygen atoms in total. The third kappa shape index (κ3) is 4.68. The highest BCUT2D eigenvalue weighted by molar-refractivity contribution is 5.94. The van der Waals surface area contributed by atoms with Crippen molar-refractivity contribution in [3.63, 3.8) is 0 Å². The Kier molecular flexibility index (Phi) is 4.98. The van der Waals surface area contributed by atoms with Crippen LogP contribution < -0.4 is 15.4 Å². The Bertz CT molecular complexity index is 608. The quantitative estimate of drug-likeness (QED) is 0.881. The molecule has 0 fully saturated rings. The molecule has 0 spiro atoms. The molecule has 2 aromatic rings. The van der Waals surface area contributed by atoms with Gasteiger partial charge in [-0.05, 0) is 30.7 Å². The van der Waals surface area contributed by atoms with E-state index in [2.05, 4.69) is 10.6 Å². The van der Waals surface area contributed by atoms with Crippen LogP contribution in [0.5, 0.6) is 5.75 Å². The van der Waals surface area contributed by atoms with Gasteiger partial charge in [-0.15, -0.1) is 0 Å². The first kappa shape index (κ1) is 14.6. The van der Waals surface area contributed by atoms with E-state index in [1.54, 1.807) is 18.2 Å². The number of furan rings is 1. The van der Waals surface area contributed by atoms with Gasteiger partial charge in [-0.1, -0.05) is 18.2 Å². The van der Waals surface area contributed by atoms with Crippen LogP contribution >= 0.6 is 0 Å². The maximum atomic E-state index is 11.6. The number of hydrogen-bond donors (Lipinski definition) is 2. The first-order valence-electron chi connectivity index (χ1n) is 6.43. The van der Waals surface area contributed by atoms with Gasteiger partial charge in [-0.2, -0.15) is 0 Å². The number of urea groups is 1. The summed E-state index contributed by atoms with van der Waals surface area (Å²) in [7, 11) is 0. The summed E-state index contributed by atoms with van der Waals surface area (Å²) in [6.45, 7) is 1.87. The molecule has 0 atom stereocenters. The first-order chi connectivity index (χ1) is 10.1. The molecule has 0 saturated carbocycles. The Morgan fingerprint density at radius 2 is 2.00 bits per heavy atom. The van der Waals surface area contributed by atoms with Gasteiger partial charge >= 0.3 is 6.03 Å². The van der Waals surface area contributed by atoms with Gasteiger partial charge in [0, 0.05) is 0 Å². The van der Waals surface area contributed by atoms with Gasteiger partial charge in [-0.3, -0.25) is 10.1 Å². The number of amides is 3. The Labute approximate surface area is 122 Å². The minimum atomic E-state index is -0.593. The van der Waals surface area contributed by atoms with Crippen LogP contribution in [0.3, 0.4) is 0 Å². The van der Waals surface area contributed by atoms with Crippen molar-refractivity contribution in [3.05, 3.63) is 54.0 Å². The smallest absolute Gasteiger partial charge is 0.321 e. The van der Waals surface area contributed by atoms with Gasteiger partial charge in [-0.25, -0.2) is 4.79 Å². The van der Waals surface area contributed by atoms with Crippen LogP contribution in [0.2, 0.25) is 0 Å². The highest BCUT2D eigenvalue weighted by atomic mass is 16.5. The number of nitrogens with one attached hydrogen (secondary N) is 2. The fourth-order valence-electron chi connectivity index (χ4n) is 1.65. The molecule has 0 aliphatic rings. The Morgan fingerprint density at radius 3 is 2.71 bits per heavy atom. The number of aryl methyl sites for hydroxylation is 1. The van der Waals surface area contributed by atoms with Crippen LogP contribution in [0, 0.1) is 6.92 Å². The van der Waals surface area contributed by atoms with E-state index < -0.39 is 11.9 Å². The molecule has 0 bridgehead atoms. The molecule has 0 aliphatic carbocycles. The molecular weight excluding hydrogens is 272 g/mol. The summed E-state index contributed by atoms with van der Waals surface area (Å²) in [5, 5.41) is 4.68. The normalized spacial score (nSPS) is 9.95. The zero-order valence-electron chi connectivity index (χ0n) is 11.6. The lowest BCUT2D eigenvalue weighted by molar-refractivity contribution is -0.122. The van der Waals surface area contributed by atoms with Crippen molar-refractivity contribution in [2.24, 2.45) is 0 Å². The number of carbonyl (C=O) groups excluding carboxylic acids is 2. The van der Waals surface area contributed by atoms with Crippen molar-refractivity contribution in [1.29, 1.82) is 0 Å². The predicted octanol–water partition coefficient (Wildman–Crippen LogP) is 1.99. The topological polar surface area (TPSA) is 80.6 Å². The summed E-state index contributed by atoms with van der Waals surface area (Å²) in [5.74, 6) is 0.701. The zero-order chi connectivity index (χ0) is 15.1. The molecule has 1 aromatic carbocycles. The second kappa shape index (κ2) is 7.14. The molecule has 110 valence electrons. The average molecular weight is 288 g/mol. The number of ether oxygens (including phenoxy) is 1. The largest absolute Gasteiger partial charge is 0.483 e. The number of para-hydroxylation sites is 1. The zero-order valence-corrected chi connectivity index (χ0v) is 11.6. The molecule has 0 radical (unpaired) electrons. The van der Waals surface area contributed by atoms with Crippen LogP contribution in [0.4, 0.5) is 4.79 Å². The van der Waals surface area contributed by atoms with Gasteiger partial charge in [0.2, 0.25) is 0 Å². The van der Waals surface area contributed by atoms with Crippen LogP contribution in [0.1, 0.15) is 11.3 Å². The van der Waals surface area contributed by atoms with Crippen LogP contribution in [0.25, 0.3) is 0 Å². The maximum Gasteiger partial charge on any atom is 0.321 e. The summed E-state index contributed by atoms with van der Waals surface area (Å²) < 4.78 is 10.4. The number of rotatable bonds is 5. The van der Waals surface area contributed by atoms with E-state index in [1.807, 2.05) is 25.1 Å². The SMILES string of the molecule is Cc1ccccc1OCC(=O)NC(=O)NCc1ccco1. The Hall–Kier alpha value is -2.76. The van der Waals surface area contributed by atoms with E-state index in [0.29, 0.717) is 11.5 Å². The van der Waals surface area contributed by atoms with Crippen molar-refractivity contribution in [3.8, 4) is 5.75 Å². The van der Waals surface area contributed by atoms with Crippen molar-refractivity contribution >= 4 is 11.9 Å². The monoisotopic (exact) mass is 288 g/mol. The van der Waals surface area contributed by atoms with Gasteiger partial charge in [0.15, 0.2) is 6.61 Å². The lowest BCUT2D eigenvalue weighted by Gasteiger charge is -2.09. The van der Waals surface area contributed by atoms with E-state index in [1.165, 1.54) is 6.26 Å². The van der Waals surface area contributed by atoms with Gasteiger partial charge < -0.3 is 14.5 Å². The van der Waals surface area contributed by atoms with E-state index in [-0.39, 0.29) is 13.2 Å². The molecule has 2 N–H and O–H groups in total. The molecule has 2 rings (SSSR count). The van der Waals surface area contributed by atoms with Crippen LogP contribution in [0.15, 0.2) is 47.1 Å². The predicted molar refractivity (Wildman–Crippen MR) is 75.8 cm³/mol. The molecule has 21 heavy (non-hydrogen) atoms. The lowest BCUT2D eigenvalue weighted by Crippen LogP contribution is -2.41. The second-order valence-corrected chi connectivity index (χ2v) is 4.36. The number of carbonyl (C=O) groups is 2. The fraction of sp³-hybridized carbons (Fsp3) is 0.200. The summed E-state index contributed by atoms with van der Waals surface area (Å²) >= 11 is 0. The highest BCUT2D eigenvalue weighted by Gasteiger charge is 2.09. The number of benzene rings is 1. The lowest BCUT2D eigenvalue weighted by atomic mass is 10.2. The van der Waals surface area contributed by atoms with Crippen molar-refractivity contribution < 1.29 is 18.7 Å². The van der Waals surface area contributed by atoms with Crippen molar-refractivity contribution in [1.82, 2.24) is 10.6 Å². The minimum absolute atomic E-state index is 0.213. The van der Waals surface area contributed by atoms with Gasteiger partial charge in [0.05, 0.1) is 12.8 Å². The summed E-state index contributed by atoms with van der Waals surface area (Å²) in [4.78, 5) is 23.1. The van der Waals surface area contributed by atoms with Crippen molar-refractivity contribution in [2.75, 3.05) is 6.61 Å². The third-order valence-corrected chi connectivity index (χ3v) is 2.71. The van der Waals surface area contributed by atoms with Crippen LogP contribution in [-0.2, 0) is 11.3 Å². The highest BCUT2D eigenvalue weighted by Crippen LogP contribution is 2.15. The molecule has 0 unspecified atom stereocenters. The molecular formula is C15H16N2O4. The van der Waals surface area contributed by atoms with Gasteiger partial charge in [0.1, 0.15) is 11.5 Å². The van der Waals surface area contributed by atoms with Crippen molar-refractivity contribution in [2.45, 2.75) is 13.5 Å². The maximum absolute atomic E-state index is 11.6. The minimum Gasteiger partial charge on any atom is -0.483 e. The molecule has 3 amide bonds. The van der Waals surface area contributed by atoms with E-state index in [4.69, 9.17) is 9.15 Å². The summed E-state index contributed by atoms with van der Waals surface area (Å²) in [6.07, 6.45) is 1.51. The summed E-state index contributed by atoms with van der Waals surface area (Å²) in [6, 6.07) is 10.2. The Morgan fingerprint density at radius 1 is 1.19 bits per heavy atom. The molecule has 1 aromatic heterocycles. The fourth-order valence-corrected chi connectivity index (χ4v) is 1.65. The molecule has 1 heterocycles. The molecule has 0 aliphatic heterocycles. The number of hydrogen-bond acceptors (Lipinski definition) is 4. The standard InChI is InChI=1S/C15H16N2O4/c1-11-5-2-3-7-13(11)21-10-14(18)17-15(19)16-9-12-6-4-8-20-12/h2-8H,9-10H2,1H3,(H2,16,17,18,19). The second-order valence-electron chi connectivity index (χ2n) is 4.36. The third-order valence-electron chi connectivity index (χ3n) is 2.71. The first-order valence-corrected chi connectivity index (χ1v) is 6.43. The average Bonchev–Trinajstić information content (AvgIpc) is 2.97. The Balaban J connectivity index is 1.71.